The van der Waals surface area contributed by atoms with Crippen LogP contribution in [0.25, 0.3) is 0 Å². The predicted molar refractivity (Wildman–Crippen MR) is 116 cm³/mol. The van der Waals surface area contributed by atoms with Gasteiger partial charge in [-0.3, -0.25) is 0 Å². The van der Waals surface area contributed by atoms with E-state index in [9.17, 15) is 0 Å². The minimum Gasteiger partial charge on any atom is -0.377 e. The van der Waals surface area contributed by atoms with Gasteiger partial charge in [-0.2, -0.15) is 0 Å². The summed E-state index contributed by atoms with van der Waals surface area (Å²) in [6, 6.07) is 31.2. The fraction of sp³-hybridized carbons (Fsp3) is 0.250. The van der Waals surface area contributed by atoms with Gasteiger partial charge in [-0.25, -0.2) is 0 Å². The minimum absolute atomic E-state index is 0.681. The first-order valence-electron chi connectivity index (χ1n) is 9.47. The summed E-state index contributed by atoms with van der Waals surface area (Å²) in [5.74, 6) is 0. The maximum atomic E-state index is 5.67. The zero-order valence-corrected chi connectivity index (χ0v) is 16.7. The number of hydrogen-bond donors (Lipinski definition) is 0. The maximum absolute atomic E-state index is 5.67. The Labute approximate surface area is 158 Å². The molecule has 0 aliphatic carbocycles. The molecule has 0 unspecified atom stereocenters. The smallest absolute Gasteiger partial charge is 0.112 e. The van der Waals surface area contributed by atoms with Gasteiger partial charge in [0, 0.05) is 6.61 Å². The zero-order chi connectivity index (χ0) is 18.2. The average molecular weight is 363 g/mol. The van der Waals surface area contributed by atoms with Crippen LogP contribution in [0.2, 0.25) is 0 Å². The molecule has 134 valence electrons. The van der Waals surface area contributed by atoms with Crippen molar-refractivity contribution in [2.75, 3.05) is 12.8 Å². The lowest BCUT2D eigenvalue weighted by Gasteiger charge is -2.27. The van der Waals surface area contributed by atoms with Crippen LogP contribution < -0.4 is 15.9 Å². The van der Waals surface area contributed by atoms with Crippen LogP contribution in [0.5, 0.6) is 0 Å². The van der Waals surface area contributed by atoms with Crippen molar-refractivity contribution in [3.05, 3.63) is 90.5 Å². The van der Waals surface area contributed by atoms with Crippen molar-refractivity contribution < 1.29 is 4.74 Å². The summed E-state index contributed by atoms with van der Waals surface area (Å²) in [5.41, 5.74) is 1.26. The number of ether oxygens (including phenoxy) is 1. The quantitative estimate of drug-likeness (QED) is 0.516. The molecule has 26 heavy (non-hydrogen) atoms. The van der Waals surface area contributed by atoms with Gasteiger partial charge in [-0.15, -0.1) is 0 Å². The Morgan fingerprint density at radius 2 is 1.27 bits per heavy atom. The Balaban J connectivity index is 2.20. The molecule has 3 aromatic carbocycles. The molecule has 0 bridgehead atoms. The molecule has 3 aromatic rings. The molecule has 0 saturated heterocycles. The van der Waals surface area contributed by atoms with Crippen LogP contribution in [0.4, 0.5) is 0 Å². The van der Waals surface area contributed by atoms with Gasteiger partial charge in [-0.05, 0) is 55.3 Å². The van der Waals surface area contributed by atoms with E-state index in [0.717, 1.165) is 13.0 Å². The van der Waals surface area contributed by atoms with Crippen LogP contribution in [-0.2, 0) is 11.3 Å². The molecule has 0 amide bonds. The molecule has 2 heteroatoms. The fourth-order valence-electron chi connectivity index (χ4n) is 3.64. The number of hydrogen-bond acceptors (Lipinski definition) is 1. The Morgan fingerprint density at radius 3 is 1.81 bits per heavy atom. The van der Waals surface area contributed by atoms with Crippen molar-refractivity contribution >= 4 is 23.2 Å². The van der Waals surface area contributed by atoms with Gasteiger partial charge < -0.3 is 4.74 Å². The van der Waals surface area contributed by atoms with Crippen LogP contribution >= 0.6 is 7.26 Å². The highest BCUT2D eigenvalue weighted by atomic mass is 31.2. The van der Waals surface area contributed by atoms with E-state index in [1.54, 1.807) is 0 Å². The van der Waals surface area contributed by atoms with Gasteiger partial charge >= 0.3 is 0 Å². The van der Waals surface area contributed by atoms with Crippen LogP contribution in [0.3, 0.4) is 0 Å². The van der Waals surface area contributed by atoms with Gasteiger partial charge in [0.1, 0.15) is 23.2 Å². The molecule has 3 rings (SSSR count). The standard InChI is InChI=1S/C24H28OP/c1-3-18-26(22-13-7-5-8-14-22,23-15-9-6-10-16-23)24-17-11-12-21(19-24)20-25-4-2/h5-17,19H,3-4,18,20H2,1-2H3/q+1. The van der Waals surface area contributed by atoms with E-state index < -0.39 is 7.26 Å². The van der Waals surface area contributed by atoms with E-state index in [4.69, 9.17) is 4.74 Å². The van der Waals surface area contributed by atoms with E-state index in [0.29, 0.717) is 6.61 Å². The molecule has 0 fully saturated rings. The predicted octanol–water partition coefficient (Wildman–Crippen LogP) is 4.93. The minimum atomic E-state index is -1.67. The third-order valence-electron chi connectivity index (χ3n) is 4.78. The maximum Gasteiger partial charge on any atom is 0.112 e. The fourth-order valence-corrected chi connectivity index (χ4v) is 8.07. The van der Waals surface area contributed by atoms with Gasteiger partial charge in [0.2, 0.25) is 0 Å². The second-order valence-corrected chi connectivity index (χ2v) is 10.1. The van der Waals surface area contributed by atoms with Gasteiger partial charge in [0.05, 0.1) is 12.8 Å². The average Bonchev–Trinajstić information content (AvgIpc) is 2.72. The first-order chi connectivity index (χ1) is 12.8. The van der Waals surface area contributed by atoms with Crippen molar-refractivity contribution in [1.82, 2.24) is 0 Å². The van der Waals surface area contributed by atoms with Crippen molar-refractivity contribution in [3.8, 4) is 0 Å². The highest BCUT2D eigenvalue weighted by molar-refractivity contribution is 7.95. The molecular weight excluding hydrogens is 335 g/mol. The summed E-state index contributed by atoms with van der Waals surface area (Å²) in [7, 11) is -1.67. The van der Waals surface area contributed by atoms with E-state index in [1.165, 1.54) is 27.6 Å². The molecule has 0 radical (unpaired) electrons. The summed E-state index contributed by atoms with van der Waals surface area (Å²) >= 11 is 0. The topological polar surface area (TPSA) is 9.23 Å². The molecule has 0 saturated carbocycles. The normalized spacial score (nSPS) is 11.5. The van der Waals surface area contributed by atoms with Crippen molar-refractivity contribution in [2.24, 2.45) is 0 Å². The Kier molecular flexibility index (Phi) is 6.61. The Bertz CT molecular complexity index is 759. The highest BCUT2D eigenvalue weighted by Crippen LogP contribution is 2.55. The molecule has 0 aliphatic rings. The highest BCUT2D eigenvalue weighted by Gasteiger charge is 2.44. The van der Waals surface area contributed by atoms with Crippen LogP contribution in [0.15, 0.2) is 84.9 Å². The van der Waals surface area contributed by atoms with Crippen LogP contribution in [-0.4, -0.2) is 12.8 Å². The summed E-state index contributed by atoms with van der Waals surface area (Å²) in [5, 5.41) is 4.37. The van der Waals surface area contributed by atoms with E-state index in [2.05, 4.69) is 91.9 Å². The third kappa shape index (κ3) is 3.90. The monoisotopic (exact) mass is 363 g/mol. The Hall–Kier alpha value is -1.95. The lowest BCUT2D eigenvalue weighted by atomic mass is 10.2. The number of rotatable bonds is 8. The van der Waals surface area contributed by atoms with E-state index in [1.807, 2.05) is 6.92 Å². The first-order valence-corrected chi connectivity index (χ1v) is 11.4. The molecule has 0 heterocycles. The molecule has 0 aliphatic heterocycles. The first kappa shape index (κ1) is 18.8. The third-order valence-corrected chi connectivity index (χ3v) is 9.41. The van der Waals surface area contributed by atoms with Crippen LogP contribution in [0, 0.1) is 0 Å². The molecule has 0 atom stereocenters. The van der Waals surface area contributed by atoms with E-state index >= 15 is 0 Å². The summed E-state index contributed by atoms with van der Waals surface area (Å²) in [4.78, 5) is 0. The second kappa shape index (κ2) is 9.12. The van der Waals surface area contributed by atoms with Crippen LogP contribution in [0.1, 0.15) is 25.8 Å². The van der Waals surface area contributed by atoms with Gasteiger partial charge in [-0.1, -0.05) is 55.5 Å². The second-order valence-electron chi connectivity index (χ2n) is 6.51. The molecule has 0 N–H and O–H groups in total. The van der Waals surface area contributed by atoms with Crippen molar-refractivity contribution in [1.29, 1.82) is 0 Å². The lowest BCUT2D eigenvalue weighted by molar-refractivity contribution is 0.134. The van der Waals surface area contributed by atoms with Crippen molar-refractivity contribution in [3.63, 3.8) is 0 Å². The Morgan fingerprint density at radius 1 is 0.692 bits per heavy atom. The SMILES string of the molecule is CCC[P+](c1ccccc1)(c1ccccc1)c1cccc(COCC)c1. The lowest BCUT2D eigenvalue weighted by Crippen LogP contribution is -2.33. The van der Waals surface area contributed by atoms with Gasteiger partial charge in [0.15, 0.2) is 0 Å². The summed E-state index contributed by atoms with van der Waals surface area (Å²) < 4.78 is 5.67. The van der Waals surface area contributed by atoms with E-state index in [-0.39, 0.29) is 0 Å². The van der Waals surface area contributed by atoms with Crippen molar-refractivity contribution in [2.45, 2.75) is 26.9 Å². The van der Waals surface area contributed by atoms with Gasteiger partial charge in [0.25, 0.3) is 0 Å². The molecular formula is C24H28OP+. The number of benzene rings is 3. The molecule has 1 nitrogen and oxygen atoms in total. The summed E-state index contributed by atoms with van der Waals surface area (Å²) in [6.45, 7) is 5.77. The largest absolute Gasteiger partial charge is 0.377 e. The molecule has 0 aromatic heterocycles. The summed E-state index contributed by atoms with van der Waals surface area (Å²) in [6.07, 6.45) is 2.34. The zero-order valence-electron chi connectivity index (χ0n) is 15.8. The molecule has 0 spiro atoms.